The SMILES string of the molecule is COc1ccc(C)cc1S(=O)(=O)N1CCC[C@H](C(=O)Nc2ccc3sncc3c2)C1. The minimum atomic E-state index is -3.77. The first-order valence-electron chi connectivity index (χ1n) is 9.68. The lowest BCUT2D eigenvalue weighted by atomic mass is 9.98. The molecule has 0 spiro atoms. The number of nitrogens with zero attached hydrogens (tertiary/aromatic N) is 2. The normalized spacial score (nSPS) is 17.7. The number of carbonyl (C=O) groups excluding carboxylic acids is 1. The summed E-state index contributed by atoms with van der Waals surface area (Å²) in [7, 11) is -2.31. The molecule has 4 rings (SSSR count). The molecular weight excluding hydrogens is 422 g/mol. The van der Waals surface area contributed by atoms with Crippen molar-refractivity contribution in [3.05, 3.63) is 48.2 Å². The van der Waals surface area contributed by atoms with Gasteiger partial charge in [0.1, 0.15) is 10.6 Å². The van der Waals surface area contributed by atoms with E-state index < -0.39 is 15.9 Å². The number of amides is 1. The maximum absolute atomic E-state index is 13.3. The summed E-state index contributed by atoms with van der Waals surface area (Å²) in [4.78, 5) is 13.0. The number of ether oxygens (including phenoxy) is 1. The largest absolute Gasteiger partial charge is 0.495 e. The molecule has 9 heteroatoms. The fourth-order valence-corrected chi connectivity index (χ4v) is 6.08. The molecule has 1 amide bonds. The molecule has 0 saturated carbocycles. The van der Waals surface area contributed by atoms with Crippen molar-refractivity contribution in [2.75, 3.05) is 25.5 Å². The maximum Gasteiger partial charge on any atom is 0.246 e. The van der Waals surface area contributed by atoms with Crippen LogP contribution in [0.1, 0.15) is 18.4 Å². The van der Waals surface area contributed by atoms with Crippen LogP contribution in [0.25, 0.3) is 10.1 Å². The second-order valence-corrected chi connectivity index (χ2v) is 10.2. The second-order valence-electron chi connectivity index (χ2n) is 7.42. The molecule has 1 aromatic heterocycles. The van der Waals surface area contributed by atoms with Crippen LogP contribution in [0.4, 0.5) is 5.69 Å². The standard InChI is InChI=1S/C21H23N3O4S2/c1-14-5-7-18(28-2)20(10-14)30(26,27)24-9-3-4-15(13-24)21(25)23-17-6-8-19-16(11-17)12-22-29-19/h5-8,10-12,15H,3-4,9,13H2,1-2H3,(H,23,25)/t15-/m0/s1. The molecule has 7 nitrogen and oxygen atoms in total. The van der Waals surface area contributed by atoms with Gasteiger partial charge in [0.2, 0.25) is 15.9 Å². The van der Waals surface area contributed by atoms with Crippen molar-refractivity contribution in [3.8, 4) is 5.75 Å². The van der Waals surface area contributed by atoms with Gasteiger partial charge in [0.05, 0.1) is 17.7 Å². The predicted molar refractivity (Wildman–Crippen MR) is 117 cm³/mol. The average molecular weight is 446 g/mol. The number of carbonyl (C=O) groups is 1. The molecule has 30 heavy (non-hydrogen) atoms. The monoisotopic (exact) mass is 445 g/mol. The molecule has 158 valence electrons. The van der Waals surface area contributed by atoms with E-state index in [1.807, 2.05) is 31.2 Å². The Morgan fingerprint density at radius 3 is 2.90 bits per heavy atom. The Morgan fingerprint density at radius 2 is 2.10 bits per heavy atom. The Balaban J connectivity index is 1.52. The highest BCUT2D eigenvalue weighted by atomic mass is 32.2. The number of anilines is 1. The molecule has 2 heterocycles. The predicted octanol–water partition coefficient (Wildman–Crippen LogP) is 3.65. The Kier molecular flexibility index (Phi) is 5.77. The third-order valence-electron chi connectivity index (χ3n) is 5.31. The summed E-state index contributed by atoms with van der Waals surface area (Å²) in [5.41, 5.74) is 1.52. The zero-order valence-corrected chi connectivity index (χ0v) is 18.4. The van der Waals surface area contributed by atoms with E-state index in [1.165, 1.54) is 22.9 Å². The molecule has 0 unspecified atom stereocenters. The number of piperidine rings is 1. The van der Waals surface area contributed by atoms with Gasteiger partial charge in [0.25, 0.3) is 0 Å². The Morgan fingerprint density at radius 1 is 1.27 bits per heavy atom. The maximum atomic E-state index is 13.3. The van der Waals surface area contributed by atoms with Crippen molar-refractivity contribution < 1.29 is 17.9 Å². The number of nitrogens with one attached hydrogen (secondary N) is 1. The highest BCUT2D eigenvalue weighted by molar-refractivity contribution is 7.89. The number of benzene rings is 2. The average Bonchev–Trinajstić information content (AvgIpc) is 3.21. The van der Waals surface area contributed by atoms with Gasteiger partial charge in [-0.1, -0.05) is 6.07 Å². The van der Waals surface area contributed by atoms with Gasteiger partial charge in [-0.3, -0.25) is 4.79 Å². The van der Waals surface area contributed by atoms with E-state index in [-0.39, 0.29) is 17.3 Å². The molecule has 1 fully saturated rings. The van der Waals surface area contributed by atoms with E-state index in [0.29, 0.717) is 30.8 Å². The van der Waals surface area contributed by atoms with Crippen molar-refractivity contribution in [1.82, 2.24) is 8.68 Å². The molecule has 1 atom stereocenters. The number of aromatic nitrogens is 1. The lowest BCUT2D eigenvalue weighted by Gasteiger charge is -2.31. The van der Waals surface area contributed by atoms with Crippen LogP contribution in [-0.2, 0) is 14.8 Å². The van der Waals surface area contributed by atoms with E-state index in [2.05, 4.69) is 9.69 Å². The molecule has 1 N–H and O–H groups in total. The smallest absolute Gasteiger partial charge is 0.246 e. The van der Waals surface area contributed by atoms with Crippen LogP contribution in [0.3, 0.4) is 0 Å². The molecule has 2 aromatic carbocycles. The third-order valence-corrected chi connectivity index (χ3v) is 7.98. The van der Waals surface area contributed by atoms with Crippen LogP contribution >= 0.6 is 11.5 Å². The Bertz CT molecular complexity index is 1190. The number of methoxy groups -OCH3 is 1. The number of hydrogen-bond acceptors (Lipinski definition) is 6. The molecule has 0 aliphatic carbocycles. The first-order chi connectivity index (χ1) is 14.4. The van der Waals surface area contributed by atoms with Crippen molar-refractivity contribution in [2.45, 2.75) is 24.7 Å². The zero-order chi connectivity index (χ0) is 21.3. The highest BCUT2D eigenvalue weighted by Crippen LogP contribution is 2.31. The second kappa shape index (κ2) is 8.33. The van der Waals surface area contributed by atoms with Crippen LogP contribution in [0.2, 0.25) is 0 Å². The molecule has 1 aliphatic heterocycles. The Labute approximate surface area is 179 Å². The first-order valence-corrected chi connectivity index (χ1v) is 11.9. The van der Waals surface area contributed by atoms with E-state index in [1.54, 1.807) is 18.3 Å². The van der Waals surface area contributed by atoms with Gasteiger partial charge in [0.15, 0.2) is 0 Å². The van der Waals surface area contributed by atoms with Crippen LogP contribution in [0.15, 0.2) is 47.5 Å². The molecule has 3 aromatic rings. The number of aryl methyl sites for hydroxylation is 1. The van der Waals surface area contributed by atoms with E-state index >= 15 is 0 Å². The van der Waals surface area contributed by atoms with E-state index in [9.17, 15) is 13.2 Å². The topological polar surface area (TPSA) is 88.6 Å². The summed E-state index contributed by atoms with van der Waals surface area (Å²) in [5.74, 6) is -0.279. The fraction of sp³-hybridized carbons (Fsp3) is 0.333. The van der Waals surface area contributed by atoms with E-state index in [0.717, 1.165) is 15.6 Å². The molecule has 0 bridgehead atoms. The van der Waals surface area contributed by atoms with Crippen molar-refractivity contribution >= 4 is 43.2 Å². The Hall–Kier alpha value is -2.49. The number of sulfonamides is 1. The van der Waals surface area contributed by atoms with Crippen LogP contribution in [0, 0.1) is 12.8 Å². The molecule has 1 saturated heterocycles. The minimum Gasteiger partial charge on any atom is -0.495 e. The van der Waals surface area contributed by atoms with Gasteiger partial charge in [-0.2, -0.15) is 8.68 Å². The highest BCUT2D eigenvalue weighted by Gasteiger charge is 2.35. The van der Waals surface area contributed by atoms with Crippen LogP contribution in [0.5, 0.6) is 5.75 Å². The van der Waals surface area contributed by atoms with Gasteiger partial charge in [-0.15, -0.1) is 0 Å². The van der Waals surface area contributed by atoms with Crippen molar-refractivity contribution in [3.63, 3.8) is 0 Å². The number of fused-ring (bicyclic) bond motifs is 1. The van der Waals surface area contributed by atoms with Crippen molar-refractivity contribution in [1.29, 1.82) is 0 Å². The summed E-state index contributed by atoms with van der Waals surface area (Å²) in [6.45, 7) is 2.37. The van der Waals surface area contributed by atoms with Gasteiger partial charge < -0.3 is 10.1 Å². The van der Waals surface area contributed by atoms with Gasteiger partial charge >= 0.3 is 0 Å². The summed E-state index contributed by atoms with van der Waals surface area (Å²) >= 11 is 1.40. The summed E-state index contributed by atoms with van der Waals surface area (Å²) < 4.78 is 38.4. The zero-order valence-electron chi connectivity index (χ0n) is 16.8. The summed E-state index contributed by atoms with van der Waals surface area (Å²) in [6, 6.07) is 10.7. The third kappa shape index (κ3) is 4.05. The molecular formula is C21H23N3O4S2. The quantitative estimate of drug-likeness (QED) is 0.648. The van der Waals surface area contributed by atoms with Crippen LogP contribution < -0.4 is 10.1 Å². The van der Waals surface area contributed by atoms with Crippen molar-refractivity contribution in [2.24, 2.45) is 5.92 Å². The number of rotatable bonds is 5. The van der Waals surface area contributed by atoms with Gasteiger partial charge in [-0.25, -0.2) is 8.42 Å². The number of hydrogen-bond donors (Lipinski definition) is 1. The van der Waals surface area contributed by atoms with Gasteiger partial charge in [0, 0.05) is 30.4 Å². The van der Waals surface area contributed by atoms with Gasteiger partial charge in [-0.05, 0) is 67.2 Å². The lowest BCUT2D eigenvalue weighted by molar-refractivity contribution is -0.120. The molecule has 0 radical (unpaired) electrons. The molecule has 1 aliphatic rings. The first kappa shape index (κ1) is 20.8. The summed E-state index contributed by atoms with van der Waals surface area (Å²) in [5, 5.41) is 3.90. The lowest BCUT2D eigenvalue weighted by Crippen LogP contribution is -2.43. The van der Waals surface area contributed by atoms with Crippen LogP contribution in [-0.4, -0.2) is 43.2 Å². The minimum absolute atomic E-state index is 0.140. The summed E-state index contributed by atoms with van der Waals surface area (Å²) in [6.07, 6.45) is 3.03. The fourth-order valence-electron chi connectivity index (χ4n) is 3.69. The van der Waals surface area contributed by atoms with E-state index in [4.69, 9.17) is 4.74 Å².